The highest BCUT2D eigenvalue weighted by atomic mass is 16.5. The Morgan fingerprint density at radius 3 is 2.62 bits per heavy atom. The van der Waals surface area contributed by atoms with Gasteiger partial charge in [-0.3, -0.25) is 9.59 Å². The van der Waals surface area contributed by atoms with Gasteiger partial charge in [0.1, 0.15) is 17.6 Å². The molecule has 2 aliphatic rings. The van der Waals surface area contributed by atoms with E-state index in [1.165, 1.54) is 12.1 Å². The molecule has 1 unspecified atom stereocenters. The third-order valence-corrected chi connectivity index (χ3v) is 6.84. The van der Waals surface area contributed by atoms with Crippen LogP contribution in [0.4, 0.5) is 0 Å². The summed E-state index contributed by atoms with van der Waals surface area (Å²) in [7, 11) is 0. The fourth-order valence-electron chi connectivity index (χ4n) is 4.63. The minimum absolute atomic E-state index is 0.0386. The SMILES string of the molecule is C=CCC1=CC(=O)C2=CCCCC2=C1OCCCCC(C)(C)C(=O)NC(Cc1ccc(O)cc1)C(=O)O. The number of carboxylic acids is 1. The van der Waals surface area contributed by atoms with E-state index >= 15 is 0 Å². The molecule has 0 aliphatic heterocycles. The smallest absolute Gasteiger partial charge is 0.326 e. The van der Waals surface area contributed by atoms with Crippen molar-refractivity contribution in [3.05, 3.63) is 77.1 Å². The molecular weight excluding hydrogens is 470 g/mol. The standard InChI is InChI=1S/C30H37NO6/c1-4-9-21-19-26(33)23-10-5-6-11-24(23)27(21)37-17-8-7-16-30(2,3)29(36)31-25(28(34)35)18-20-12-14-22(32)15-13-20/h4,10,12-15,19,25,32H,1,5-9,11,16-18H2,2-3H3,(H,31,36)(H,34,35). The average Bonchev–Trinajstić information content (AvgIpc) is 2.86. The molecule has 3 rings (SSSR count). The number of hydrogen-bond acceptors (Lipinski definition) is 5. The molecule has 0 aromatic heterocycles. The van der Waals surface area contributed by atoms with E-state index in [4.69, 9.17) is 4.74 Å². The molecule has 3 N–H and O–H groups in total. The molecule has 2 aliphatic carbocycles. The summed E-state index contributed by atoms with van der Waals surface area (Å²) in [6.45, 7) is 7.88. The van der Waals surface area contributed by atoms with Crippen LogP contribution in [0.5, 0.6) is 5.75 Å². The number of aliphatic carboxylic acids is 1. The van der Waals surface area contributed by atoms with E-state index in [1.54, 1.807) is 24.3 Å². The van der Waals surface area contributed by atoms with Gasteiger partial charge in [0.2, 0.25) is 5.91 Å². The highest BCUT2D eigenvalue weighted by Crippen LogP contribution is 2.36. The molecule has 0 fully saturated rings. The normalized spacial score (nSPS) is 16.3. The molecule has 0 bridgehead atoms. The molecular formula is C30H37NO6. The van der Waals surface area contributed by atoms with Gasteiger partial charge in [0, 0.05) is 28.6 Å². The second-order valence-electron chi connectivity index (χ2n) is 10.3. The zero-order valence-electron chi connectivity index (χ0n) is 21.7. The van der Waals surface area contributed by atoms with Crippen molar-refractivity contribution in [3.8, 4) is 5.75 Å². The Kier molecular flexibility index (Phi) is 9.50. The van der Waals surface area contributed by atoms with Gasteiger partial charge in [0.15, 0.2) is 5.78 Å². The van der Waals surface area contributed by atoms with Crippen molar-refractivity contribution in [1.29, 1.82) is 0 Å². The van der Waals surface area contributed by atoms with Gasteiger partial charge in [-0.15, -0.1) is 6.58 Å². The maximum absolute atomic E-state index is 12.9. The molecule has 198 valence electrons. The summed E-state index contributed by atoms with van der Waals surface area (Å²) < 4.78 is 6.19. The Bertz CT molecular complexity index is 1120. The van der Waals surface area contributed by atoms with Crippen molar-refractivity contribution in [2.45, 2.75) is 71.3 Å². The zero-order chi connectivity index (χ0) is 27.0. The number of carbonyl (C=O) groups excluding carboxylic acids is 2. The van der Waals surface area contributed by atoms with Crippen LogP contribution in [0.1, 0.15) is 64.4 Å². The number of ether oxygens (including phenoxy) is 1. The molecule has 0 heterocycles. The van der Waals surface area contributed by atoms with Crippen molar-refractivity contribution >= 4 is 17.7 Å². The number of ketones is 1. The zero-order valence-corrected chi connectivity index (χ0v) is 21.7. The highest BCUT2D eigenvalue weighted by Gasteiger charge is 2.31. The van der Waals surface area contributed by atoms with Crippen LogP contribution in [0.3, 0.4) is 0 Å². The predicted molar refractivity (Wildman–Crippen MR) is 142 cm³/mol. The molecule has 1 aromatic rings. The first-order chi connectivity index (χ1) is 17.6. The summed E-state index contributed by atoms with van der Waals surface area (Å²) in [6.07, 6.45) is 10.8. The number of nitrogens with one attached hydrogen (secondary N) is 1. The molecule has 7 heteroatoms. The van der Waals surface area contributed by atoms with Crippen molar-refractivity contribution in [1.82, 2.24) is 5.32 Å². The number of phenolic OH excluding ortho intramolecular Hbond substituents is 1. The number of amides is 1. The van der Waals surface area contributed by atoms with Crippen molar-refractivity contribution in [3.63, 3.8) is 0 Å². The molecule has 0 saturated heterocycles. The van der Waals surface area contributed by atoms with Gasteiger partial charge in [0.05, 0.1) is 6.61 Å². The van der Waals surface area contributed by atoms with Crippen molar-refractivity contribution in [2.75, 3.05) is 6.61 Å². The maximum Gasteiger partial charge on any atom is 0.326 e. The number of fused-ring (bicyclic) bond motifs is 1. The Labute approximate surface area is 218 Å². The van der Waals surface area contributed by atoms with Crippen LogP contribution in [-0.4, -0.2) is 40.5 Å². The van der Waals surface area contributed by atoms with Crippen LogP contribution in [-0.2, 0) is 25.5 Å². The van der Waals surface area contributed by atoms with Crippen LogP contribution in [0.2, 0.25) is 0 Å². The summed E-state index contributed by atoms with van der Waals surface area (Å²) >= 11 is 0. The van der Waals surface area contributed by atoms with Gasteiger partial charge in [-0.25, -0.2) is 4.79 Å². The summed E-state index contributed by atoms with van der Waals surface area (Å²) in [4.78, 5) is 37.2. The topological polar surface area (TPSA) is 113 Å². The van der Waals surface area contributed by atoms with Crippen LogP contribution >= 0.6 is 0 Å². The predicted octanol–water partition coefficient (Wildman–Crippen LogP) is 5.17. The Morgan fingerprint density at radius 1 is 1.22 bits per heavy atom. The number of carboxylic acid groups (broad SMARTS) is 1. The van der Waals surface area contributed by atoms with Gasteiger partial charge in [0.25, 0.3) is 0 Å². The number of unbranched alkanes of at least 4 members (excludes halogenated alkanes) is 1. The highest BCUT2D eigenvalue weighted by molar-refractivity contribution is 6.10. The summed E-state index contributed by atoms with van der Waals surface area (Å²) in [5.41, 5.74) is 2.56. The number of allylic oxidation sites excluding steroid dienone is 6. The maximum atomic E-state index is 12.9. The van der Waals surface area contributed by atoms with Crippen LogP contribution in [0.15, 0.2) is 71.6 Å². The number of carbonyl (C=O) groups is 3. The number of phenols is 1. The first-order valence-corrected chi connectivity index (χ1v) is 12.9. The summed E-state index contributed by atoms with van der Waals surface area (Å²) in [5, 5.41) is 21.7. The van der Waals surface area contributed by atoms with Gasteiger partial charge >= 0.3 is 5.97 Å². The number of aromatic hydroxyl groups is 1. The number of benzene rings is 1. The first-order valence-electron chi connectivity index (χ1n) is 12.9. The number of rotatable bonds is 13. The monoisotopic (exact) mass is 507 g/mol. The summed E-state index contributed by atoms with van der Waals surface area (Å²) in [5.74, 6) is -0.491. The third-order valence-electron chi connectivity index (χ3n) is 6.84. The second-order valence-corrected chi connectivity index (χ2v) is 10.3. The molecule has 7 nitrogen and oxygen atoms in total. The van der Waals surface area contributed by atoms with Gasteiger partial charge in [-0.1, -0.05) is 38.1 Å². The van der Waals surface area contributed by atoms with Gasteiger partial charge in [-0.05, 0) is 68.7 Å². The fraction of sp³-hybridized carbons (Fsp3) is 0.433. The lowest BCUT2D eigenvalue weighted by Gasteiger charge is -2.27. The van der Waals surface area contributed by atoms with E-state index in [0.29, 0.717) is 25.0 Å². The minimum atomic E-state index is -1.11. The van der Waals surface area contributed by atoms with E-state index in [9.17, 15) is 24.6 Å². The lowest BCUT2D eigenvalue weighted by molar-refractivity contribution is -0.143. The molecule has 1 atom stereocenters. The Balaban J connectivity index is 1.53. The van der Waals surface area contributed by atoms with E-state index in [0.717, 1.165) is 54.6 Å². The molecule has 1 amide bonds. The third kappa shape index (κ3) is 7.44. The molecule has 0 spiro atoms. The Hall–Kier alpha value is -3.61. The van der Waals surface area contributed by atoms with Crippen LogP contribution in [0, 0.1) is 5.41 Å². The lowest BCUT2D eigenvalue weighted by Crippen LogP contribution is -2.47. The largest absolute Gasteiger partial charge is 0.508 e. The van der Waals surface area contributed by atoms with E-state index in [2.05, 4.69) is 11.9 Å². The van der Waals surface area contributed by atoms with Gasteiger partial charge in [-0.2, -0.15) is 0 Å². The Morgan fingerprint density at radius 2 is 1.95 bits per heavy atom. The first kappa shape index (κ1) is 28.0. The fourth-order valence-corrected chi connectivity index (χ4v) is 4.63. The lowest BCUT2D eigenvalue weighted by atomic mass is 9.83. The van der Waals surface area contributed by atoms with Gasteiger partial charge < -0.3 is 20.3 Å². The average molecular weight is 508 g/mol. The van der Waals surface area contributed by atoms with Crippen molar-refractivity contribution < 1.29 is 29.3 Å². The number of hydrogen-bond donors (Lipinski definition) is 3. The second kappa shape index (κ2) is 12.6. The molecule has 1 aromatic carbocycles. The van der Waals surface area contributed by atoms with Crippen LogP contribution < -0.4 is 5.32 Å². The van der Waals surface area contributed by atoms with E-state index in [-0.39, 0.29) is 23.9 Å². The van der Waals surface area contributed by atoms with Crippen LogP contribution in [0.25, 0.3) is 0 Å². The minimum Gasteiger partial charge on any atom is -0.508 e. The van der Waals surface area contributed by atoms with Crippen molar-refractivity contribution in [2.24, 2.45) is 5.41 Å². The molecule has 0 radical (unpaired) electrons. The van der Waals surface area contributed by atoms with E-state index < -0.39 is 17.4 Å². The molecule has 0 saturated carbocycles. The quantitative estimate of drug-likeness (QED) is 0.251. The summed E-state index contributed by atoms with van der Waals surface area (Å²) in [6, 6.07) is 5.21. The molecule has 37 heavy (non-hydrogen) atoms. The van der Waals surface area contributed by atoms with E-state index in [1.807, 2.05) is 19.9 Å².